The first-order valence-corrected chi connectivity index (χ1v) is 12.3. The van der Waals surface area contributed by atoms with E-state index in [-0.39, 0.29) is 54.2 Å². The molecule has 4 rings (SSSR count). The number of aryl methyl sites for hydroxylation is 1. The highest BCUT2D eigenvalue weighted by Crippen LogP contribution is 2.34. The molecule has 2 fully saturated rings. The number of nitrogens with one attached hydrogen (secondary N) is 1. The normalized spacial score (nSPS) is 19.6. The Morgan fingerprint density at radius 2 is 1.88 bits per heavy atom. The third kappa shape index (κ3) is 5.10. The van der Waals surface area contributed by atoms with E-state index in [1.807, 2.05) is 6.92 Å². The minimum Gasteiger partial charge on any atom is -0.380 e. The van der Waals surface area contributed by atoms with Gasteiger partial charge in [0.15, 0.2) is 5.82 Å². The number of nitro benzene ring substituents is 1. The van der Waals surface area contributed by atoms with Gasteiger partial charge in [-0.1, -0.05) is 17.7 Å². The lowest BCUT2D eigenvalue weighted by Gasteiger charge is -2.35. The van der Waals surface area contributed by atoms with E-state index in [9.17, 15) is 22.9 Å². The maximum absolute atomic E-state index is 14.6. The zero-order chi connectivity index (χ0) is 23.6. The second kappa shape index (κ2) is 9.62. The number of anilines is 2. The molecule has 2 aromatic carbocycles. The molecule has 0 aliphatic carbocycles. The predicted molar refractivity (Wildman–Crippen MR) is 123 cm³/mol. The number of piperazine rings is 1. The number of ether oxygens (including phenoxy) is 1. The average molecular weight is 479 g/mol. The number of sulfonamides is 1. The van der Waals surface area contributed by atoms with Gasteiger partial charge in [-0.2, -0.15) is 4.31 Å². The highest BCUT2D eigenvalue weighted by Gasteiger charge is 2.31. The van der Waals surface area contributed by atoms with Gasteiger partial charge in [0.1, 0.15) is 5.69 Å². The quantitative estimate of drug-likeness (QED) is 0.481. The molecule has 0 bridgehead atoms. The van der Waals surface area contributed by atoms with Gasteiger partial charge < -0.3 is 15.0 Å². The van der Waals surface area contributed by atoms with Gasteiger partial charge in [-0.05, 0) is 38.0 Å². The van der Waals surface area contributed by atoms with Gasteiger partial charge in [0, 0.05) is 39.3 Å². The molecular formula is C22H27FN4O5S. The standard InChI is InChI=1S/C22H27FN4O5S/c1-16-4-6-18(7-5-16)33(30,31)26-10-8-25(9-11-26)21-14-20(19(23)13-22(21)27(28)29)24-15-17-3-2-12-32-17/h4-7,13-14,17,24H,2-3,8-12,15H2,1H3. The molecule has 11 heteroatoms. The van der Waals surface area contributed by atoms with E-state index >= 15 is 0 Å². The van der Waals surface area contributed by atoms with Crippen LogP contribution in [0.2, 0.25) is 0 Å². The van der Waals surface area contributed by atoms with Crippen molar-refractivity contribution in [3.8, 4) is 0 Å². The van der Waals surface area contributed by atoms with Crippen molar-refractivity contribution < 1.29 is 22.5 Å². The molecule has 0 radical (unpaired) electrons. The Morgan fingerprint density at radius 3 is 2.48 bits per heavy atom. The summed E-state index contributed by atoms with van der Waals surface area (Å²) in [4.78, 5) is 12.9. The fraction of sp³-hybridized carbons (Fsp3) is 0.455. The van der Waals surface area contributed by atoms with Crippen molar-refractivity contribution in [1.29, 1.82) is 0 Å². The van der Waals surface area contributed by atoms with Crippen LogP contribution in [0.5, 0.6) is 0 Å². The minimum atomic E-state index is -3.66. The molecule has 0 spiro atoms. The lowest BCUT2D eigenvalue weighted by Crippen LogP contribution is -2.48. The zero-order valence-corrected chi connectivity index (χ0v) is 19.2. The Hall–Kier alpha value is -2.76. The number of halogens is 1. The van der Waals surface area contributed by atoms with E-state index < -0.39 is 20.8 Å². The van der Waals surface area contributed by atoms with Crippen molar-refractivity contribution in [2.24, 2.45) is 0 Å². The smallest absolute Gasteiger partial charge is 0.295 e. The van der Waals surface area contributed by atoms with Crippen LogP contribution in [-0.2, 0) is 14.8 Å². The molecule has 2 heterocycles. The second-order valence-electron chi connectivity index (χ2n) is 8.30. The Kier molecular flexibility index (Phi) is 6.82. The van der Waals surface area contributed by atoms with Crippen molar-refractivity contribution in [2.45, 2.75) is 30.8 Å². The maximum atomic E-state index is 14.6. The van der Waals surface area contributed by atoms with Crippen LogP contribution in [0.1, 0.15) is 18.4 Å². The number of benzene rings is 2. The summed E-state index contributed by atoms with van der Waals surface area (Å²) in [5, 5.41) is 14.6. The number of hydrogen-bond donors (Lipinski definition) is 1. The average Bonchev–Trinajstić information content (AvgIpc) is 3.32. The fourth-order valence-corrected chi connectivity index (χ4v) is 5.57. The SMILES string of the molecule is Cc1ccc(S(=O)(=O)N2CCN(c3cc(NCC4CCCO4)c(F)cc3[N+](=O)[O-])CC2)cc1. The highest BCUT2D eigenvalue weighted by atomic mass is 32.2. The number of rotatable bonds is 7. The van der Waals surface area contributed by atoms with Crippen LogP contribution in [0.25, 0.3) is 0 Å². The second-order valence-corrected chi connectivity index (χ2v) is 10.2. The van der Waals surface area contributed by atoms with Gasteiger partial charge in [0.2, 0.25) is 10.0 Å². The number of hydrogen-bond acceptors (Lipinski definition) is 7. The van der Waals surface area contributed by atoms with Crippen LogP contribution < -0.4 is 10.2 Å². The molecule has 2 aliphatic rings. The van der Waals surface area contributed by atoms with Crippen molar-refractivity contribution >= 4 is 27.1 Å². The molecule has 1 atom stereocenters. The molecule has 1 N–H and O–H groups in total. The van der Waals surface area contributed by atoms with Crippen LogP contribution in [0, 0.1) is 22.9 Å². The summed E-state index contributed by atoms with van der Waals surface area (Å²) < 4.78 is 47.4. The lowest BCUT2D eigenvalue weighted by molar-refractivity contribution is -0.384. The van der Waals surface area contributed by atoms with Gasteiger partial charge >= 0.3 is 0 Å². The minimum absolute atomic E-state index is 0.0152. The Labute approximate surface area is 192 Å². The third-order valence-electron chi connectivity index (χ3n) is 6.04. The Morgan fingerprint density at radius 1 is 1.18 bits per heavy atom. The van der Waals surface area contributed by atoms with Crippen molar-refractivity contribution in [3.63, 3.8) is 0 Å². The first kappa shape index (κ1) is 23.4. The van der Waals surface area contributed by atoms with Gasteiger partial charge in [0.05, 0.1) is 27.7 Å². The van der Waals surface area contributed by atoms with Crippen LogP contribution in [-0.4, -0.2) is 63.1 Å². The molecule has 33 heavy (non-hydrogen) atoms. The predicted octanol–water partition coefficient (Wildman–Crippen LogP) is 3.14. The van der Waals surface area contributed by atoms with Crippen molar-refractivity contribution in [1.82, 2.24) is 4.31 Å². The van der Waals surface area contributed by atoms with Crippen LogP contribution in [0.4, 0.5) is 21.5 Å². The van der Waals surface area contributed by atoms with E-state index in [0.717, 1.165) is 24.5 Å². The largest absolute Gasteiger partial charge is 0.380 e. The van der Waals surface area contributed by atoms with E-state index in [2.05, 4.69) is 5.32 Å². The Balaban J connectivity index is 1.50. The maximum Gasteiger partial charge on any atom is 0.295 e. The number of nitrogens with zero attached hydrogens (tertiary/aromatic N) is 3. The van der Waals surface area contributed by atoms with E-state index in [0.29, 0.717) is 13.2 Å². The summed E-state index contributed by atoms with van der Waals surface area (Å²) in [7, 11) is -3.66. The first-order chi connectivity index (χ1) is 15.8. The monoisotopic (exact) mass is 478 g/mol. The molecule has 2 saturated heterocycles. The summed E-state index contributed by atoms with van der Waals surface area (Å²) in [5.74, 6) is -0.705. The van der Waals surface area contributed by atoms with Gasteiger partial charge in [-0.25, -0.2) is 12.8 Å². The molecule has 178 valence electrons. The van der Waals surface area contributed by atoms with Crippen LogP contribution >= 0.6 is 0 Å². The summed E-state index contributed by atoms with van der Waals surface area (Å²) in [6.07, 6.45) is 1.82. The van der Waals surface area contributed by atoms with E-state index in [4.69, 9.17) is 4.74 Å². The molecule has 2 aliphatic heterocycles. The van der Waals surface area contributed by atoms with Crippen LogP contribution in [0.15, 0.2) is 41.3 Å². The molecular weight excluding hydrogens is 451 g/mol. The fourth-order valence-electron chi connectivity index (χ4n) is 4.14. The van der Waals surface area contributed by atoms with Gasteiger partial charge in [-0.3, -0.25) is 10.1 Å². The molecule has 1 unspecified atom stereocenters. The first-order valence-electron chi connectivity index (χ1n) is 10.9. The van der Waals surface area contributed by atoms with Crippen molar-refractivity contribution in [2.75, 3.05) is 49.5 Å². The topological polar surface area (TPSA) is 105 Å². The summed E-state index contributed by atoms with van der Waals surface area (Å²) in [6.45, 7) is 3.82. The zero-order valence-electron chi connectivity index (χ0n) is 18.4. The lowest BCUT2D eigenvalue weighted by atomic mass is 10.1. The summed E-state index contributed by atoms with van der Waals surface area (Å²) in [6, 6.07) is 9.00. The van der Waals surface area contributed by atoms with E-state index in [1.165, 1.54) is 10.4 Å². The van der Waals surface area contributed by atoms with Gasteiger partial charge in [-0.15, -0.1) is 0 Å². The molecule has 9 nitrogen and oxygen atoms in total. The summed E-state index contributed by atoms with van der Waals surface area (Å²) in [5.41, 5.74) is 1.06. The molecule has 0 aromatic heterocycles. The Bertz CT molecular complexity index is 1110. The number of nitro groups is 1. The third-order valence-corrected chi connectivity index (χ3v) is 7.96. The highest BCUT2D eigenvalue weighted by molar-refractivity contribution is 7.89. The molecule has 2 aromatic rings. The van der Waals surface area contributed by atoms with Gasteiger partial charge in [0.25, 0.3) is 5.69 Å². The van der Waals surface area contributed by atoms with Crippen LogP contribution in [0.3, 0.4) is 0 Å². The van der Waals surface area contributed by atoms with E-state index in [1.54, 1.807) is 29.2 Å². The summed E-state index contributed by atoms with van der Waals surface area (Å²) >= 11 is 0. The molecule has 0 amide bonds. The molecule has 0 saturated carbocycles. The van der Waals surface area contributed by atoms with Crippen molar-refractivity contribution in [3.05, 3.63) is 57.9 Å².